The van der Waals surface area contributed by atoms with E-state index in [1.165, 1.54) is 0 Å². The Hall–Kier alpha value is -3.75. The summed E-state index contributed by atoms with van der Waals surface area (Å²) in [6.07, 6.45) is 10.6. The van der Waals surface area contributed by atoms with Crippen LogP contribution in [0.4, 0.5) is 11.6 Å². The molecule has 2 aromatic heterocycles. The quantitative estimate of drug-likeness (QED) is 0.556. The summed E-state index contributed by atoms with van der Waals surface area (Å²) in [5.41, 5.74) is 3.51. The van der Waals surface area contributed by atoms with Gasteiger partial charge in [0.25, 0.3) is 0 Å². The van der Waals surface area contributed by atoms with Gasteiger partial charge < -0.3 is 15.3 Å². The number of anilines is 2. The van der Waals surface area contributed by atoms with Crippen LogP contribution in [-0.4, -0.2) is 54.7 Å². The number of amides is 1. The van der Waals surface area contributed by atoms with Gasteiger partial charge in [-0.2, -0.15) is 5.10 Å². The van der Waals surface area contributed by atoms with Crippen LogP contribution in [0.15, 0.2) is 42.9 Å². The van der Waals surface area contributed by atoms with E-state index < -0.39 is 5.97 Å². The molecule has 3 aromatic rings. The van der Waals surface area contributed by atoms with Crippen molar-refractivity contribution in [3.8, 4) is 11.3 Å². The molecule has 3 saturated carbocycles. The first-order valence-electron chi connectivity index (χ1n) is 12.2. The molecule has 2 N–H and O–H groups in total. The van der Waals surface area contributed by atoms with Crippen LogP contribution in [0.25, 0.3) is 11.3 Å². The van der Waals surface area contributed by atoms with Crippen molar-refractivity contribution in [3.05, 3.63) is 54.0 Å². The molecule has 9 heteroatoms. The van der Waals surface area contributed by atoms with Gasteiger partial charge in [-0.15, -0.1) is 0 Å². The van der Waals surface area contributed by atoms with Gasteiger partial charge >= 0.3 is 5.97 Å². The number of nitrogens with one attached hydrogen (secondary N) is 1. The molecule has 4 fully saturated rings. The number of carbonyl (C=O) groups excluding carboxylic acids is 1. The van der Waals surface area contributed by atoms with Crippen LogP contribution in [0.1, 0.15) is 54.1 Å². The molecule has 0 unspecified atom stereocenters. The first-order chi connectivity index (χ1) is 16.9. The summed E-state index contributed by atoms with van der Waals surface area (Å²) in [7, 11) is 0. The van der Waals surface area contributed by atoms with Crippen LogP contribution in [0.2, 0.25) is 0 Å². The molecule has 7 rings (SSSR count). The minimum absolute atomic E-state index is 0.00544. The zero-order chi connectivity index (χ0) is 24.2. The zero-order valence-corrected chi connectivity index (χ0v) is 19.6. The highest BCUT2D eigenvalue weighted by atomic mass is 16.4. The fourth-order valence-corrected chi connectivity index (χ4v) is 5.71. The molecule has 1 aliphatic heterocycles. The van der Waals surface area contributed by atoms with Gasteiger partial charge in [-0.05, 0) is 62.6 Å². The Balaban J connectivity index is 1.10. The largest absolute Gasteiger partial charge is 0.478 e. The Morgan fingerprint density at radius 3 is 2.43 bits per heavy atom. The fourth-order valence-electron chi connectivity index (χ4n) is 5.71. The number of aromatic carboxylic acids is 1. The van der Waals surface area contributed by atoms with Gasteiger partial charge in [0.15, 0.2) is 0 Å². The molecule has 180 valence electrons. The molecular formula is C26H28N6O3. The van der Waals surface area contributed by atoms with E-state index in [-0.39, 0.29) is 17.0 Å². The van der Waals surface area contributed by atoms with Gasteiger partial charge in [-0.1, -0.05) is 12.1 Å². The Kier molecular flexibility index (Phi) is 5.09. The minimum atomic E-state index is -0.956. The Morgan fingerprint density at radius 2 is 1.80 bits per heavy atom. The average Bonchev–Trinajstić information content (AvgIpc) is 3.27. The summed E-state index contributed by atoms with van der Waals surface area (Å²) >= 11 is 0. The third-order valence-electron chi connectivity index (χ3n) is 7.85. The molecule has 0 spiro atoms. The molecule has 0 atom stereocenters. The minimum Gasteiger partial charge on any atom is -0.478 e. The number of nitrogens with zero attached hydrogens (tertiary/aromatic N) is 5. The molecule has 4 aliphatic rings. The van der Waals surface area contributed by atoms with E-state index in [1.54, 1.807) is 36.7 Å². The monoisotopic (exact) mass is 472 g/mol. The van der Waals surface area contributed by atoms with Crippen molar-refractivity contribution in [3.63, 3.8) is 0 Å². The summed E-state index contributed by atoms with van der Waals surface area (Å²) in [4.78, 5) is 35.1. The normalized spacial score (nSPS) is 23.3. The molecule has 3 aliphatic carbocycles. The van der Waals surface area contributed by atoms with Crippen LogP contribution in [-0.2, 0) is 4.79 Å². The highest BCUT2D eigenvalue weighted by molar-refractivity contribution is 5.88. The second kappa shape index (κ2) is 8.18. The van der Waals surface area contributed by atoms with Crippen LogP contribution < -0.4 is 5.32 Å². The zero-order valence-electron chi connectivity index (χ0n) is 19.6. The molecule has 3 heterocycles. The van der Waals surface area contributed by atoms with E-state index in [0.717, 1.165) is 73.6 Å². The lowest BCUT2D eigenvalue weighted by Crippen LogP contribution is -2.61. The van der Waals surface area contributed by atoms with Gasteiger partial charge in [-0.25, -0.2) is 14.8 Å². The third-order valence-corrected chi connectivity index (χ3v) is 7.85. The Labute approximate surface area is 203 Å². The lowest BCUT2D eigenvalue weighted by atomic mass is 9.44. The van der Waals surface area contributed by atoms with Crippen LogP contribution in [0, 0.1) is 18.3 Å². The number of carbonyl (C=O) groups is 2. The van der Waals surface area contributed by atoms with E-state index in [9.17, 15) is 9.59 Å². The number of hydrogen-bond donors (Lipinski definition) is 2. The SMILES string of the molecule is Cc1cnc(Nc2cnn(C3CCN(C(=O)C45CC(C4)C5)CC3)c2)nc1-c1ccc(C(=O)O)cc1. The van der Waals surface area contributed by atoms with E-state index in [0.29, 0.717) is 11.9 Å². The molecule has 9 nitrogen and oxygen atoms in total. The number of carboxylic acid groups (broad SMARTS) is 1. The van der Waals surface area contributed by atoms with E-state index in [2.05, 4.69) is 25.3 Å². The predicted molar refractivity (Wildman–Crippen MR) is 129 cm³/mol. The first-order valence-corrected chi connectivity index (χ1v) is 12.2. The van der Waals surface area contributed by atoms with Crippen LogP contribution >= 0.6 is 0 Å². The summed E-state index contributed by atoms with van der Waals surface area (Å²) in [6, 6.07) is 6.93. The topological polar surface area (TPSA) is 113 Å². The number of piperidine rings is 1. The maximum Gasteiger partial charge on any atom is 0.335 e. The molecule has 35 heavy (non-hydrogen) atoms. The molecule has 1 amide bonds. The Bertz CT molecular complexity index is 1280. The summed E-state index contributed by atoms with van der Waals surface area (Å²) in [5.74, 6) is 0.692. The van der Waals surface area contributed by atoms with Crippen molar-refractivity contribution < 1.29 is 14.7 Å². The summed E-state index contributed by atoms with van der Waals surface area (Å²) in [6.45, 7) is 3.51. The van der Waals surface area contributed by atoms with Crippen LogP contribution in [0.3, 0.4) is 0 Å². The van der Waals surface area contributed by atoms with Crippen molar-refractivity contribution in [2.24, 2.45) is 11.3 Å². The highest BCUT2D eigenvalue weighted by Crippen LogP contribution is 2.65. The molecule has 0 radical (unpaired) electrons. The van der Waals surface area contributed by atoms with E-state index in [1.807, 2.05) is 17.8 Å². The first kappa shape index (κ1) is 21.8. The number of aromatic nitrogens is 4. The van der Waals surface area contributed by atoms with E-state index in [4.69, 9.17) is 5.11 Å². The molecular weight excluding hydrogens is 444 g/mol. The maximum absolute atomic E-state index is 12.8. The number of aryl methyl sites for hydroxylation is 1. The number of rotatable bonds is 6. The fraction of sp³-hybridized carbons (Fsp3) is 0.423. The summed E-state index contributed by atoms with van der Waals surface area (Å²) < 4.78 is 1.98. The Morgan fingerprint density at radius 1 is 1.09 bits per heavy atom. The maximum atomic E-state index is 12.8. The standard InChI is InChI=1S/C26H28N6O3/c1-16-13-27-25(30-22(16)18-2-4-19(5-3-18)23(33)34)29-20-14-28-32(15-20)21-6-8-31(9-7-21)24(35)26-10-17(11-26)12-26/h2-5,13-15,17,21H,6-12H2,1H3,(H,33,34)(H,27,29,30). The molecule has 1 aromatic carbocycles. The van der Waals surface area contributed by atoms with Crippen molar-refractivity contribution >= 4 is 23.5 Å². The number of hydrogen-bond acceptors (Lipinski definition) is 6. The number of likely N-dealkylation sites (tertiary alicyclic amines) is 1. The van der Waals surface area contributed by atoms with Crippen LogP contribution in [0.5, 0.6) is 0 Å². The smallest absolute Gasteiger partial charge is 0.335 e. The van der Waals surface area contributed by atoms with Gasteiger partial charge in [0.05, 0.1) is 34.6 Å². The molecule has 2 bridgehead atoms. The van der Waals surface area contributed by atoms with Gasteiger partial charge in [0, 0.05) is 31.0 Å². The molecule has 1 saturated heterocycles. The lowest BCUT2D eigenvalue weighted by Gasteiger charge is -2.61. The van der Waals surface area contributed by atoms with Gasteiger partial charge in [0.2, 0.25) is 11.9 Å². The number of benzene rings is 1. The van der Waals surface area contributed by atoms with Crippen molar-refractivity contribution in [1.29, 1.82) is 0 Å². The average molecular weight is 473 g/mol. The van der Waals surface area contributed by atoms with Gasteiger partial charge in [0.1, 0.15) is 0 Å². The second-order valence-electron chi connectivity index (χ2n) is 10.2. The second-order valence-corrected chi connectivity index (χ2v) is 10.2. The number of carboxylic acids is 1. The van der Waals surface area contributed by atoms with Crippen molar-refractivity contribution in [1.82, 2.24) is 24.6 Å². The summed E-state index contributed by atoms with van der Waals surface area (Å²) in [5, 5.41) is 16.9. The predicted octanol–water partition coefficient (Wildman–Crippen LogP) is 4.05. The highest BCUT2D eigenvalue weighted by Gasteiger charge is 2.62. The van der Waals surface area contributed by atoms with E-state index >= 15 is 0 Å². The lowest BCUT2D eigenvalue weighted by molar-refractivity contribution is -0.178. The van der Waals surface area contributed by atoms with Crippen molar-refractivity contribution in [2.75, 3.05) is 18.4 Å². The van der Waals surface area contributed by atoms with Crippen molar-refractivity contribution in [2.45, 2.75) is 45.1 Å². The third kappa shape index (κ3) is 3.84. The van der Waals surface area contributed by atoms with Gasteiger partial charge in [-0.3, -0.25) is 9.48 Å².